The first-order valence-electron chi connectivity index (χ1n) is 13.1. The van der Waals surface area contributed by atoms with Crippen molar-refractivity contribution in [3.63, 3.8) is 0 Å². The number of furan rings is 1. The summed E-state index contributed by atoms with van der Waals surface area (Å²) < 4.78 is 64.3. The summed E-state index contributed by atoms with van der Waals surface area (Å²) >= 11 is 0. The van der Waals surface area contributed by atoms with Gasteiger partial charge in [-0.25, -0.2) is 4.39 Å². The molecule has 214 valence electrons. The second-order valence-corrected chi connectivity index (χ2v) is 10.7. The Labute approximate surface area is 233 Å². The Morgan fingerprint density at radius 1 is 1.02 bits per heavy atom. The summed E-state index contributed by atoms with van der Waals surface area (Å²) in [4.78, 5) is 26.1. The molecule has 0 atom stereocenters. The first kappa shape index (κ1) is 28.2. The minimum absolute atomic E-state index is 0.102. The molecular weight excluding hydrogens is 540 g/mol. The van der Waals surface area contributed by atoms with E-state index in [9.17, 15) is 27.2 Å². The van der Waals surface area contributed by atoms with Crippen molar-refractivity contribution < 1.29 is 36.3 Å². The highest BCUT2D eigenvalue weighted by atomic mass is 19.4. The highest BCUT2D eigenvalue weighted by Crippen LogP contribution is 2.42. The minimum Gasteiger partial charge on any atom is -0.483 e. The number of alkyl halides is 3. The van der Waals surface area contributed by atoms with Gasteiger partial charge < -0.3 is 19.8 Å². The molecule has 3 aromatic carbocycles. The smallest absolute Gasteiger partial charge is 0.422 e. The van der Waals surface area contributed by atoms with Crippen LogP contribution in [-0.4, -0.2) is 37.2 Å². The molecule has 0 spiro atoms. The van der Waals surface area contributed by atoms with Gasteiger partial charge in [0.15, 0.2) is 6.61 Å². The fourth-order valence-corrected chi connectivity index (χ4v) is 5.54. The van der Waals surface area contributed by atoms with Crippen LogP contribution in [0.25, 0.3) is 33.4 Å². The molecule has 4 aromatic rings. The quantitative estimate of drug-likeness (QED) is 0.233. The summed E-state index contributed by atoms with van der Waals surface area (Å²) in [5.41, 5.74) is 1.28. The molecule has 0 radical (unpaired) electrons. The van der Waals surface area contributed by atoms with Gasteiger partial charge in [0.05, 0.1) is 5.56 Å². The fourth-order valence-electron chi connectivity index (χ4n) is 5.54. The molecule has 1 aromatic heterocycles. The van der Waals surface area contributed by atoms with Crippen molar-refractivity contribution in [2.45, 2.75) is 38.4 Å². The zero-order valence-corrected chi connectivity index (χ0v) is 22.6. The molecule has 1 saturated carbocycles. The number of fused-ring (bicyclic) bond motifs is 1. The van der Waals surface area contributed by atoms with E-state index >= 15 is 0 Å². The fraction of sp³-hybridized carbons (Fsp3) is 0.290. The van der Waals surface area contributed by atoms with Crippen LogP contribution in [0.5, 0.6) is 5.75 Å². The van der Waals surface area contributed by atoms with Crippen molar-refractivity contribution in [1.29, 1.82) is 0 Å². The molecule has 6 nitrogen and oxygen atoms in total. The van der Waals surface area contributed by atoms with Gasteiger partial charge in [0.1, 0.15) is 22.9 Å². The number of halogens is 4. The van der Waals surface area contributed by atoms with Gasteiger partial charge in [-0.15, -0.1) is 0 Å². The van der Waals surface area contributed by atoms with Crippen LogP contribution in [0.2, 0.25) is 0 Å². The number of hydrogen-bond acceptors (Lipinski definition) is 4. The van der Waals surface area contributed by atoms with Crippen LogP contribution in [0.3, 0.4) is 0 Å². The van der Waals surface area contributed by atoms with Crippen LogP contribution >= 0.6 is 0 Å². The SMILES string of the molecule is CNC(=O)c1c(-c2ccc(F)cc2)oc2cc(OCC(F)(F)F)c(-c3cccc(C(=O)NC4(C)CC(C)C4)c3)cc12. The minimum atomic E-state index is -4.61. The number of rotatable bonds is 7. The first-order chi connectivity index (χ1) is 19.4. The molecular formula is C31H28F4N2O4. The van der Waals surface area contributed by atoms with E-state index in [2.05, 4.69) is 17.6 Å². The van der Waals surface area contributed by atoms with Crippen LogP contribution in [0, 0.1) is 11.7 Å². The van der Waals surface area contributed by atoms with Gasteiger partial charge in [-0.2, -0.15) is 13.2 Å². The maximum Gasteiger partial charge on any atom is 0.422 e. The molecule has 1 aliphatic rings. The summed E-state index contributed by atoms with van der Waals surface area (Å²) in [6.07, 6.45) is -2.91. The Balaban J connectivity index is 1.64. The molecule has 1 fully saturated rings. The van der Waals surface area contributed by atoms with Crippen molar-refractivity contribution in [3.8, 4) is 28.2 Å². The number of nitrogens with one attached hydrogen (secondary N) is 2. The van der Waals surface area contributed by atoms with E-state index in [1.807, 2.05) is 6.92 Å². The van der Waals surface area contributed by atoms with E-state index in [0.717, 1.165) is 12.8 Å². The van der Waals surface area contributed by atoms with Gasteiger partial charge in [-0.05, 0) is 73.7 Å². The van der Waals surface area contributed by atoms with Crippen molar-refractivity contribution in [2.75, 3.05) is 13.7 Å². The lowest BCUT2D eigenvalue weighted by Crippen LogP contribution is -2.54. The van der Waals surface area contributed by atoms with E-state index in [-0.39, 0.29) is 39.7 Å². The number of carbonyl (C=O) groups is 2. The highest BCUT2D eigenvalue weighted by molar-refractivity contribution is 6.12. The lowest BCUT2D eigenvalue weighted by Gasteiger charge is -2.44. The van der Waals surface area contributed by atoms with Gasteiger partial charge in [-0.1, -0.05) is 19.1 Å². The van der Waals surface area contributed by atoms with Crippen molar-refractivity contribution >= 4 is 22.8 Å². The Morgan fingerprint density at radius 3 is 2.37 bits per heavy atom. The van der Waals surface area contributed by atoms with Crippen LogP contribution in [0.15, 0.2) is 65.1 Å². The molecule has 1 heterocycles. The topological polar surface area (TPSA) is 80.6 Å². The largest absolute Gasteiger partial charge is 0.483 e. The molecule has 10 heteroatoms. The predicted molar refractivity (Wildman–Crippen MR) is 146 cm³/mol. The van der Waals surface area contributed by atoms with E-state index in [4.69, 9.17) is 9.15 Å². The normalized spacial score (nSPS) is 18.6. The summed E-state index contributed by atoms with van der Waals surface area (Å²) in [6.45, 7) is 2.53. The third kappa shape index (κ3) is 5.91. The molecule has 5 rings (SSSR count). The third-order valence-corrected chi connectivity index (χ3v) is 7.19. The van der Waals surface area contributed by atoms with Crippen LogP contribution in [-0.2, 0) is 0 Å². The Kier molecular flexibility index (Phi) is 7.27. The standard InChI is InChI=1S/C31H28F4N2O4/c1-17-14-30(2,15-17)37-28(38)20-6-4-5-19(11-20)22-12-23-25(13-24(22)40-16-31(33,34)35)41-27(26(23)29(39)36-3)18-7-9-21(32)10-8-18/h4-13,17H,14-16H2,1-3H3,(H,36,39)(H,37,38). The third-order valence-electron chi connectivity index (χ3n) is 7.19. The molecule has 1 aliphatic carbocycles. The van der Waals surface area contributed by atoms with Gasteiger partial charge >= 0.3 is 6.18 Å². The Bertz CT molecular complexity index is 1620. The summed E-state index contributed by atoms with van der Waals surface area (Å²) in [6, 6.07) is 14.6. The zero-order chi connectivity index (χ0) is 29.5. The molecule has 41 heavy (non-hydrogen) atoms. The lowest BCUT2D eigenvalue weighted by atomic mass is 9.70. The second kappa shape index (κ2) is 10.6. The molecule has 0 bridgehead atoms. The number of ether oxygens (including phenoxy) is 1. The molecule has 0 saturated heterocycles. The zero-order valence-electron chi connectivity index (χ0n) is 22.6. The van der Waals surface area contributed by atoms with Crippen LogP contribution in [0.4, 0.5) is 17.6 Å². The molecule has 0 aliphatic heterocycles. The van der Waals surface area contributed by atoms with Crippen molar-refractivity contribution in [3.05, 3.63) is 77.6 Å². The average molecular weight is 569 g/mol. The first-order valence-corrected chi connectivity index (χ1v) is 13.1. The number of benzene rings is 3. The van der Waals surface area contributed by atoms with Gasteiger partial charge in [0, 0.05) is 40.7 Å². The van der Waals surface area contributed by atoms with Crippen LogP contribution in [0.1, 0.15) is 47.4 Å². The second-order valence-electron chi connectivity index (χ2n) is 10.7. The van der Waals surface area contributed by atoms with Crippen molar-refractivity contribution in [2.24, 2.45) is 5.92 Å². The molecule has 0 unspecified atom stereocenters. The van der Waals surface area contributed by atoms with E-state index in [0.29, 0.717) is 28.0 Å². The van der Waals surface area contributed by atoms with E-state index < -0.39 is 24.5 Å². The predicted octanol–water partition coefficient (Wildman–Crippen LogP) is 7.13. The van der Waals surface area contributed by atoms with Gasteiger partial charge in [0.2, 0.25) is 0 Å². The average Bonchev–Trinajstić information content (AvgIpc) is 3.28. The van der Waals surface area contributed by atoms with E-state index in [1.165, 1.54) is 43.4 Å². The Morgan fingerprint density at radius 2 is 1.73 bits per heavy atom. The maximum absolute atomic E-state index is 13.6. The van der Waals surface area contributed by atoms with Gasteiger partial charge in [-0.3, -0.25) is 9.59 Å². The number of amides is 2. The monoisotopic (exact) mass is 568 g/mol. The Hall–Kier alpha value is -4.34. The van der Waals surface area contributed by atoms with E-state index in [1.54, 1.807) is 24.3 Å². The highest BCUT2D eigenvalue weighted by Gasteiger charge is 2.39. The molecule has 2 amide bonds. The number of carbonyl (C=O) groups excluding carboxylic acids is 2. The summed E-state index contributed by atoms with van der Waals surface area (Å²) in [5.74, 6) is -0.802. The van der Waals surface area contributed by atoms with Crippen LogP contribution < -0.4 is 15.4 Å². The number of hydrogen-bond donors (Lipinski definition) is 2. The van der Waals surface area contributed by atoms with Crippen molar-refractivity contribution in [1.82, 2.24) is 10.6 Å². The molecule has 2 N–H and O–H groups in total. The summed E-state index contributed by atoms with van der Waals surface area (Å²) in [5, 5.41) is 5.91. The lowest BCUT2D eigenvalue weighted by molar-refractivity contribution is -0.153. The van der Waals surface area contributed by atoms with Gasteiger partial charge in [0.25, 0.3) is 11.8 Å². The summed E-state index contributed by atoms with van der Waals surface area (Å²) in [7, 11) is 1.43. The maximum atomic E-state index is 13.6.